The summed E-state index contributed by atoms with van der Waals surface area (Å²) >= 11 is 0. The van der Waals surface area contributed by atoms with Gasteiger partial charge in [0.15, 0.2) is 0 Å². The van der Waals surface area contributed by atoms with E-state index < -0.39 is 0 Å². The molecule has 0 radical (unpaired) electrons. The lowest BCUT2D eigenvalue weighted by atomic mass is 9.67. The van der Waals surface area contributed by atoms with Crippen molar-refractivity contribution in [3.63, 3.8) is 0 Å². The van der Waals surface area contributed by atoms with Crippen LogP contribution in [0, 0.1) is 17.3 Å². The van der Waals surface area contributed by atoms with E-state index in [1.165, 1.54) is 12.8 Å². The van der Waals surface area contributed by atoms with Crippen molar-refractivity contribution >= 4 is 0 Å². The molecule has 1 saturated carbocycles. The molecule has 2 fully saturated rings. The van der Waals surface area contributed by atoms with E-state index in [2.05, 4.69) is 34.6 Å². The summed E-state index contributed by atoms with van der Waals surface area (Å²) in [6, 6.07) is 0. The third-order valence-corrected chi connectivity index (χ3v) is 5.29. The zero-order valence-corrected chi connectivity index (χ0v) is 13.4. The van der Waals surface area contributed by atoms with Gasteiger partial charge in [-0.2, -0.15) is 0 Å². The summed E-state index contributed by atoms with van der Waals surface area (Å²) in [7, 11) is 0. The highest BCUT2D eigenvalue weighted by molar-refractivity contribution is 4.89. The molecule has 0 aromatic carbocycles. The molecule has 4 unspecified atom stereocenters. The van der Waals surface area contributed by atoms with E-state index in [9.17, 15) is 5.11 Å². The molecule has 0 bridgehead atoms. The molecule has 0 aromatic heterocycles. The fourth-order valence-electron chi connectivity index (χ4n) is 3.87. The second kappa shape index (κ2) is 5.37. The molecule has 2 heteroatoms. The molecule has 1 aliphatic heterocycles. The molecular formula is C17H32O2. The zero-order chi connectivity index (χ0) is 14.3. The number of rotatable bonds is 2. The van der Waals surface area contributed by atoms with Crippen molar-refractivity contribution in [3.8, 4) is 0 Å². The summed E-state index contributed by atoms with van der Waals surface area (Å²) in [5.74, 6) is 1.19. The molecule has 1 heterocycles. The molecule has 1 N–H and O–H groups in total. The van der Waals surface area contributed by atoms with Crippen LogP contribution in [0.4, 0.5) is 0 Å². The minimum absolute atomic E-state index is 0.0493. The molecule has 2 aliphatic rings. The van der Waals surface area contributed by atoms with Gasteiger partial charge in [-0.15, -0.1) is 0 Å². The minimum Gasteiger partial charge on any atom is -0.393 e. The monoisotopic (exact) mass is 268 g/mol. The van der Waals surface area contributed by atoms with E-state index in [1.54, 1.807) is 0 Å². The Bertz CT molecular complexity index is 303. The van der Waals surface area contributed by atoms with Gasteiger partial charge in [0.2, 0.25) is 0 Å². The van der Waals surface area contributed by atoms with E-state index in [0.29, 0.717) is 17.4 Å². The molecule has 1 aliphatic carbocycles. The van der Waals surface area contributed by atoms with Crippen LogP contribution in [0.1, 0.15) is 73.1 Å². The van der Waals surface area contributed by atoms with Crippen molar-refractivity contribution < 1.29 is 9.84 Å². The molecule has 2 rings (SSSR count). The van der Waals surface area contributed by atoms with Gasteiger partial charge < -0.3 is 9.84 Å². The third-order valence-electron chi connectivity index (χ3n) is 5.29. The van der Waals surface area contributed by atoms with Crippen LogP contribution in [0.2, 0.25) is 0 Å². The van der Waals surface area contributed by atoms with Crippen LogP contribution in [-0.2, 0) is 4.74 Å². The predicted octanol–water partition coefficient (Wildman–Crippen LogP) is 4.16. The Morgan fingerprint density at radius 2 is 1.84 bits per heavy atom. The van der Waals surface area contributed by atoms with E-state index >= 15 is 0 Å². The second-order valence-electron chi connectivity index (χ2n) is 8.48. The third kappa shape index (κ3) is 3.95. The second-order valence-corrected chi connectivity index (χ2v) is 8.48. The highest BCUT2D eigenvalue weighted by Crippen LogP contribution is 2.43. The summed E-state index contributed by atoms with van der Waals surface area (Å²) in [6.45, 7) is 11.4. The summed E-state index contributed by atoms with van der Waals surface area (Å²) in [6.07, 6.45) is 6.96. The van der Waals surface area contributed by atoms with E-state index in [1.807, 2.05) is 0 Å². The molecule has 0 aromatic rings. The Morgan fingerprint density at radius 3 is 2.37 bits per heavy atom. The largest absolute Gasteiger partial charge is 0.393 e. The average Bonchev–Trinajstić information content (AvgIpc) is 2.60. The standard InChI is InChI=1S/C17H32O2/c1-16(2,3)13-6-7-15(18)12(10-13)11-14-8-9-17(4,5)19-14/h12-15,18H,6-11H2,1-5H3. The maximum absolute atomic E-state index is 10.3. The number of ether oxygens (including phenoxy) is 1. The lowest BCUT2D eigenvalue weighted by molar-refractivity contribution is -0.0506. The Hall–Kier alpha value is -0.0800. The molecule has 4 atom stereocenters. The molecule has 1 saturated heterocycles. The van der Waals surface area contributed by atoms with Gasteiger partial charge in [0.25, 0.3) is 0 Å². The molecule has 2 nitrogen and oxygen atoms in total. The Morgan fingerprint density at radius 1 is 1.16 bits per heavy atom. The minimum atomic E-state index is -0.106. The van der Waals surface area contributed by atoms with Crippen LogP contribution in [0.25, 0.3) is 0 Å². The first kappa shape index (κ1) is 15.3. The summed E-state index contributed by atoms with van der Waals surface area (Å²) in [5.41, 5.74) is 0.419. The fraction of sp³-hybridized carbons (Fsp3) is 1.00. The molecule has 19 heavy (non-hydrogen) atoms. The van der Waals surface area contributed by atoms with Gasteiger partial charge in [0.1, 0.15) is 0 Å². The molecular weight excluding hydrogens is 236 g/mol. The normalized spacial score (nSPS) is 39.5. The number of hydrogen-bond donors (Lipinski definition) is 1. The van der Waals surface area contributed by atoms with Gasteiger partial charge >= 0.3 is 0 Å². The van der Waals surface area contributed by atoms with Crippen LogP contribution >= 0.6 is 0 Å². The quantitative estimate of drug-likeness (QED) is 0.815. The summed E-state index contributed by atoms with van der Waals surface area (Å²) < 4.78 is 6.11. The zero-order valence-electron chi connectivity index (χ0n) is 13.4. The number of hydrogen-bond acceptors (Lipinski definition) is 2. The van der Waals surface area contributed by atoms with Crippen LogP contribution in [0.3, 0.4) is 0 Å². The van der Waals surface area contributed by atoms with Crippen molar-refractivity contribution in [2.24, 2.45) is 17.3 Å². The van der Waals surface area contributed by atoms with Crippen LogP contribution in [-0.4, -0.2) is 22.9 Å². The maximum Gasteiger partial charge on any atom is 0.0631 e. The first-order valence-electron chi connectivity index (χ1n) is 8.03. The predicted molar refractivity (Wildman–Crippen MR) is 79.1 cm³/mol. The van der Waals surface area contributed by atoms with Gasteiger partial charge in [-0.1, -0.05) is 20.8 Å². The Labute approximate surface area is 118 Å². The lowest BCUT2D eigenvalue weighted by Gasteiger charge is -2.41. The van der Waals surface area contributed by atoms with Crippen molar-refractivity contribution in [2.75, 3.05) is 0 Å². The van der Waals surface area contributed by atoms with E-state index in [4.69, 9.17) is 4.74 Å². The van der Waals surface area contributed by atoms with Crippen molar-refractivity contribution in [1.29, 1.82) is 0 Å². The highest BCUT2D eigenvalue weighted by Gasteiger charge is 2.39. The summed E-state index contributed by atoms with van der Waals surface area (Å²) in [5, 5.41) is 10.3. The van der Waals surface area contributed by atoms with Crippen LogP contribution in [0.5, 0.6) is 0 Å². The topological polar surface area (TPSA) is 29.5 Å². The molecule has 0 amide bonds. The van der Waals surface area contributed by atoms with Crippen molar-refractivity contribution in [2.45, 2.75) is 91.0 Å². The fourth-order valence-corrected chi connectivity index (χ4v) is 3.87. The highest BCUT2D eigenvalue weighted by atomic mass is 16.5. The number of aliphatic hydroxyl groups is 1. The Kier molecular flexibility index (Phi) is 4.32. The molecule has 0 spiro atoms. The molecule has 112 valence electrons. The van der Waals surface area contributed by atoms with Crippen LogP contribution < -0.4 is 0 Å². The maximum atomic E-state index is 10.3. The number of aliphatic hydroxyl groups excluding tert-OH is 1. The first-order valence-corrected chi connectivity index (χ1v) is 8.03. The van der Waals surface area contributed by atoms with Gasteiger partial charge in [-0.3, -0.25) is 0 Å². The van der Waals surface area contributed by atoms with Gasteiger partial charge in [0, 0.05) is 0 Å². The van der Waals surface area contributed by atoms with Gasteiger partial charge in [-0.05, 0) is 69.6 Å². The van der Waals surface area contributed by atoms with Gasteiger partial charge in [-0.25, -0.2) is 0 Å². The SMILES string of the molecule is CC1(C)CCC(CC2CC(C(C)(C)C)CCC2O)O1. The van der Waals surface area contributed by atoms with Crippen molar-refractivity contribution in [3.05, 3.63) is 0 Å². The smallest absolute Gasteiger partial charge is 0.0631 e. The average molecular weight is 268 g/mol. The van der Waals surface area contributed by atoms with Crippen molar-refractivity contribution in [1.82, 2.24) is 0 Å². The van der Waals surface area contributed by atoms with E-state index in [0.717, 1.165) is 31.6 Å². The Balaban J connectivity index is 1.91. The van der Waals surface area contributed by atoms with Gasteiger partial charge in [0.05, 0.1) is 17.8 Å². The van der Waals surface area contributed by atoms with E-state index in [-0.39, 0.29) is 11.7 Å². The lowest BCUT2D eigenvalue weighted by Crippen LogP contribution is -2.36. The summed E-state index contributed by atoms with van der Waals surface area (Å²) in [4.78, 5) is 0. The first-order chi connectivity index (χ1) is 8.67. The van der Waals surface area contributed by atoms with Crippen LogP contribution in [0.15, 0.2) is 0 Å².